The van der Waals surface area contributed by atoms with Gasteiger partial charge in [0.2, 0.25) is 5.78 Å². The van der Waals surface area contributed by atoms with Crippen molar-refractivity contribution >= 4 is 22.8 Å². The number of Topliss-reactive ketones (excluding diaryl/α,β-unsaturated/α-hetero) is 1. The number of ketones is 1. The van der Waals surface area contributed by atoms with Crippen molar-refractivity contribution in [2.45, 2.75) is 13.0 Å². The van der Waals surface area contributed by atoms with Crippen molar-refractivity contribution in [2.24, 2.45) is 0 Å². The van der Waals surface area contributed by atoms with Gasteiger partial charge in [-0.3, -0.25) is 4.79 Å². The molecular weight excluding hydrogens is 428 g/mol. The van der Waals surface area contributed by atoms with Crippen molar-refractivity contribution in [3.05, 3.63) is 83.6 Å². The molecule has 6 heteroatoms. The molecule has 34 heavy (non-hydrogen) atoms. The molecule has 1 aliphatic heterocycles. The predicted octanol–water partition coefficient (Wildman–Crippen LogP) is 5.29. The van der Waals surface area contributed by atoms with E-state index in [0.717, 1.165) is 53.3 Å². The highest BCUT2D eigenvalue weighted by molar-refractivity contribution is 6.17. The third-order valence-electron chi connectivity index (χ3n) is 6.06. The first-order valence-corrected chi connectivity index (χ1v) is 11.3. The van der Waals surface area contributed by atoms with Gasteiger partial charge in [0.1, 0.15) is 22.8 Å². The maximum atomic E-state index is 13.1. The van der Waals surface area contributed by atoms with Crippen LogP contribution in [-0.2, 0) is 6.54 Å². The Kier molecular flexibility index (Phi) is 5.59. The maximum Gasteiger partial charge on any atom is 0.235 e. The molecule has 4 aromatic rings. The van der Waals surface area contributed by atoms with E-state index in [1.165, 1.54) is 6.07 Å². The molecule has 2 N–H and O–H groups in total. The number of hydrogen-bond donors (Lipinski definition) is 2. The molecule has 0 atom stereocenters. The standard InChI is InChI=1S/C28H26N2O4/c1-29(2)13-8-14-30-22-12-7-6-11-20(22)21(27(30)18-9-4-3-5-10-18)17-25-28(33)26-23(32)15-19(31)16-24(26)34-25/h3-7,9-12,15-17,31-32H,8,13-14H2,1-2H3/b25-17-. The summed E-state index contributed by atoms with van der Waals surface area (Å²) in [5.74, 6) is -0.587. The van der Waals surface area contributed by atoms with E-state index < -0.39 is 5.78 Å². The molecule has 0 saturated heterocycles. The normalized spacial score (nSPS) is 14.2. The van der Waals surface area contributed by atoms with Crippen molar-refractivity contribution in [1.82, 2.24) is 9.47 Å². The summed E-state index contributed by atoms with van der Waals surface area (Å²) < 4.78 is 8.12. The van der Waals surface area contributed by atoms with Gasteiger partial charge < -0.3 is 24.4 Å². The molecule has 1 aliphatic rings. The van der Waals surface area contributed by atoms with Crippen molar-refractivity contribution in [3.8, 4) is 28.5 Å². The number of para-hydroxylation sites is 1. The molecule has 1 aromatic heterocycles. The molecular formula is C28H26N2O4. The Bertz CT molecular complexity index is 1420. The molecule has 6 nitrogen and oxygen atoms in total. The number of ether oxygens (including phenoxy) is 1. The van der Waals surface area contributed by atoms with Crippen LogP contribution in [0.1, 0.15) is 22.3 Å². The summed E-state index contributed by atoms with van der Waals surface area (Å²) in [5, 5.41) is 21.1. The second kappa shape index (κ2) is 8.72. The van der Waals surface area contributed by atoms with Gasteiger partial charge in [0.05, 0.1) is 5.69 Å². The fraction of sp³-hybridized carbons (Fsp3) is 0.179. The lowest BCUT2D eigenvalue weighted by Crippen LogP contribution is -2.15. The van der Waals surface area contributed by atoms with Crippen molar-refractivity contribution in [1.29, 1.82) is 0 Å². The van der Waals surface area contributed by atoms with Gasteiger partial charge in [0, 0.05) is 35.1 Å². The molecule has 0 fully saturated rings. The smallest absolute Gasteiger partial charge is 0.235 e. The molecule has 172 valence electrons. The number of hydrogen-bond acceptors (Lipinski definition) is 5. The molecule has 0 amide bonds. The van der Waals surface area contributed by atoms with Crippen LogP contribution in [0.25, 0.3) is 28.2 Å². The Hall–Kier alpha value is -4.03. The van der Waals surface area contributed by atoms with Crippen LogP contribution in [0, 0.1) is 0 Å². The Morgan fingerprint density at radius 3 is 2.50 bits per heavy atom. The van der Waals surface area contributed by atoms with Crippen LogP contribution in [0.2, 0.25) is 0 Å². The Morgan fingerprint density at radius 2 is 1.74 bits per heavy atom. The predicted molar refractivity (Wildman–Crippen MR) is 133 cm³/mol. The van der Waals surface area contributed by atoms with E-state index in [4.69, 9.17) is 4.74 Å². The first-order chi connectivity index (χ1) is 16.4. The number of aromatic hydroxyl groups is 2. The quantitative estimate of drug-likeness (QED) is 0.388. The number of fused-ring (bicyclic) bond motifs is 2. The van der Waals surface area contributed by atoms with Gasteiger partial charge >= 0.3 is 0 Å². The minimum atomic E-state index is -0.407. The summed E-state index contributed by atoms with van der Waals surface area (Å²) in [6.45, 7) is 1.77. The van der Waals surface area contributed by atoms with Crippen molar-refractivity contribution < 1.29 is 19.7 Å². The molecule has 0 spiro atoms. The summed E-state index contributed by atoms with van der Waals surface area (Å²) in [4.78, 5) is 15.3. The van der Waals surface area contributed by atoms with Gasteiger partial charge in [0.25, 0.3) is 0 Å². The van der Waals surface area contributed by atoms with Crippen LogP contribution in [0.3, 0.4) is 0 Å². The lowest BCUT2D eigenvalue weighted by atomic mass is 10.0. The number of phenols is 2. The lowest BCUT2D eigenvalue weighted by molar-refractivity contribution is 0.101. The minimum absolute atomic E-state index is 0.0695. The number of rotatable bonds is 6. The molecule has 3 aromatic carbocycles. The van der Waals surface area contributed by atoms with Crippen LogP contribution < -0.4 is 4.74 Å². The lowest BCUT2D eigenvalue weighted by Gasteiger charge is -2.14. The molecule has 0 unspecified atom stereocenters. The Labute approximate surface area is 197 Å². The van der Waals surface area contributed by atoms with Gasteiger partial charge in [0.15, 0.2) is 5.76 Å². The van der Waals surface area contributed by atoms with Crippen molar-refractivity contribution in [2.75, 3.05) is 20.6 Å². The van der Waals surface area contributed by atoms with Crippen LogP contribution in [0.5, 0.6) is 17.2 Å². The molecule has 0 bridgehead atoms. The van der Waals surface area contributed by atoms with E-state index in [0.29, 0.717) is 0 Å². The number of nitrogens with zero attached hydrogens (tertiary/aromatic N) is 2. The third kappa shape index (κ3) is 3.82. The Morgan fingerprint density at radius 1 is 1.00 bits per heavy atom. The summed E-state index contributed by atoms with van der Waals surface area (Å²) >= 11 is 0. The summed E-state index contributed by atoms with van der Waals surface area (Å²) in [6.07, 6.45) is 2.72. The second-order valence-corrected chi connectivity index (χ2v) is 8.73. The maximum absolute atomic E-state index is 13.1. The zero-order valence-corrected chi connectivity index (χ0v) is 19.2. The topological polar surface area (TPSA) is 74.9 Å². The Balaban J connectivity index is 1.70. The van der Waals surface area contributed by atoms with E-state index in [1.54, 1.807) is 6.08 Å². The van der Waals surface area contributed by atoms with Gasteiger partial charge in [-0.15, -0.1) is 0 Å². The summed E-state index contributed by atoms with van der Waals surface area (Å²) in [6, 6.07) is 20.8. The molecule has 0 saturated carbocycles. The zero-order chi connectivity index (χ0) is 23.8. The van der Waals surface area contributed by atoms with Crippen LogP contribution >= 0.6 is 0 Å². The summed E-state index contributed by atoms with van der Waals surface area (Å²) in [5.41, 5.74) is 4.08. The number of aromatic nitrogens is 1. The minimum Gasteiger partial charge on any atom is -0.508 e. The van der Waals surface area contributed by atoms with Gasteiger partial charge in [-0.1, -0.05) is 48.5 Å². The number of benzene rings is 3. The van der Waals surface area contributed by atoms with E-state index in [2.05, 4.69) is 41.8 Å². The monoisotopic (exact) mass is 454 g/mol. The fourth-order valence-corrected chi connectivity index (χ4v) is 4.57. The fourth-order valence-electron chi connectivity index (χ4n) is 4.57. The SMILES string of the molecule is CN(C)CCCn1c(-c2ccccc2)c(/C=C2\Oc3cc(O)cc(O)c3C2=O)c2ccccc21. The van der Waals surface area contributed by atoms with E-state index >= 15 is 0 Å². The van der Waals surface area contributed by atoms with Gasteiger partial charge in [-0.25, -0.2) is 0 Å². The van der Waals surface area contributed by atoms with E-state index in [-0.39, 0.29) is 28.6 Å². The third-order valence-corrected chi connectivity index (χ3v) is 6.06. The van der Waals surface area contributed by atoms with E-state index in [1.807, 2.05) is 36.4 Å². The molecule has 2 heterocycles. The van der Waals surface area contributed by atoms with Crippen LogP contribution in [0.15, 0.2) is 72.5 Å². The highest BCUT2D eigenvalue weighted by atomic mass is 16.5. The number of carbonyl (C=O) groups excluding carboxylic acids is 1. The van der Waals surface area contributed by atoms with Gasteiger partial charge in [-0.2, -0.15) is 0 Å². The largest absolute Gasteiger partial charge is 0.508 e. The number of allylic oxidation sites excluding steroid dienone is 1. The number of aryl methyl sites for hydroxylation is 1. The van der Waals surface area contributed by atoms with Crippen LogP contribution in [-0.4, -0.2) is 46.1 Å². The summed E-state index contributed by atoms with van der Waals surface area (Å²) in [7, 11) is 4.13. The van der Waals surface area contributed by atoms with E-state index in [9.17, 15) is 15.0 Å². The number of carbonyl (C=O) groups is 1. The highest BCUT2D eigenvalue weighted by Gasteiger charge is 2.32. The second-order valence-electron chi connectivity index (χ2n) is 8.73. The zero-order valence-electron chi connectivity index (χ0n) is 19.2. The average Bonchev–Trinajstić information content (AvgIpc) is 3.29. The van der Waals surface area contributed by atoms with Crippen LogP contribution in [0.4, 0.5) is 0 Å². The highest BCUT2D eigenvalue weighted by Crippen LogP contribution is 2.42. The van der Waals surface area contributed by atoms with Gasteiger partial charge in [-0.05, 0) is 44.8 Å². The van der Waals surface area contributed by atoms with Crippen molar-refractivity contribution in [3.63, 3.8) is 0 Å². The number of phenolic OH excluding ortho intramolecular Hbond substituents is 2. The average molecular weight is 455 g/mol. The molecule has 0 radical (unpaired) electrons. The molecule has 5 rings (SSSR count). The first-order valence-electron chi connectivity index (χ1n) is 11.3. The molecule has 0 aliphatic carbocycles. The first kappa shape index (κ1) is 21.8.